The Labute approximate surface area is 149 Å². The van der Waals surface area contributed by atoms with E-state index < -0.39 is 41.3 Å². The molecule has 0 saturated heterocycles. The Morgan fingerprint density at radius 2 is 1.52 bits per heavy atom. The molecule has 0 heterocycles. The van der Waals surface area contributed by atoms with Gasteiger partial charge in [-0.1, -0.05) is 13.3 Å². The Morgan fingerprint density at radius 1 is 1.00 bits per heavy atom. The molecule has 0 spiro atoms. The number of carbonyl (C=O) groups excluding carboxylic acids is 3. The SMILES string of the molecule is CCCC(NC(=O)OC(C)(C)C)C(O)C(=O)NCC(=O)OC(C)(C)C. The van der Waals surface area contributed by atoms with Crippen molar-refractivity contribution in [3.8, 4) is 0 Å². The summed E-state index contributed by atoms with van der Waals surface area (Å²) in [7, 11) is 0. The molecule has 0 aliphatic carbocycles. The zero-order valence-corrected chi connectivity index (χ0v) is 16.3. The van der Waals surface area contributed by atoms with Crippen LogP contribution < -0.4 is 10.6 Å². The first-order valence-corrected chi connectivity index (χ1v) is 8.42. The average Bonchev–Trinajstić information content (AvgIpc) is 2.39. The zero-order valence-electron chi connectivity index (χ0n) is 16.3. The molecular formula is C17H32N2O6. The summed E-state index contributed by atoms with van der Waals surface area (Å²) < 4.78 is 10.2. The van der Waals surface area contributed by atoms with Gasteiger partial charge in [0.1, 0.15) is 17.7 Å². The Morgan fingerprint density at radius 3 is 1.96 bits per heavy atom. The number of alkyl carbamates (subject to hydrolysis) is 1. The van der Waals surface area contributed by atoms with Gasteiger partial charge in [0.15, 0.2) is 6.10 Å². The van der Waals surface area contributed by atoms with E-state index in [1.807, 2.05) is 6.92 Å². The summed E-state index contributed by atoms with van der Waals surface area (Å²) in [6.07, 6.45) is -1.21. The molecule has 146 valence electrons. The molecule has 0 aliphatic rings. The first kappa shape index (κ1) is 23.2. The van der Waals surface area contributed by atoms with Crippen molar-refractivity contribution in [2.24, 2.45) is 0 Å². The summed E-state index contributed by atoms with van der Waals surface area (Å²) in [5, 5.41) is 15.0. The summed E-state index contributed by atoms with van der Waals surface area (Å²) in [6, 6.07) is -0.821. The van der Waals surface area contributed by atoms with Gasteiger partial charge in [-0.15, -0.1) is 0 Å². The van der Waals surface area contributed by atoms with Gasteiger partial charge in [-0.3, -0.25) is 9.59 Å². The van der Waals surface area contributed by atoms with Crippen molar-refractivity contribution >= 4 is 18.0 Å². The summed E-state index contributed by atoms with van der Waals surface area (Å²) in [5.74, 6) is -1.37. The van der Waals surface area contributed by atoms with Gasteiger partial charge in [0.05, 0.1) is 6.04 Å². The van der Waals surface area contributed by atoms with Gasteiger partial charge in [-0.05, 0) is 48.0 Å². The van der Waals surface area contributed by atoms with Crippen LogP contribution in [0.15, 0.2) is 0 Å². The molecule has 0 aromatic rings. The zero-order chi connectivity index (χ0) is 19.8. The smallest absolute Gasteiger partial charge is 0.407 e. The molecule has 8 nitrogen and oxygen atoms in total. The molecular weight excluding hydrogens is 328 g/mol. The number of rotatable bonds is 7. The number of amides is 2. The third kappa shape index (κ3) is 11.4. The summed E-state index contributed by atoms with van der Waals surface area (Å²) in [4.78, 5) is 35.5. The van der Waals surface area contributed by atoms with Crippen molar-refractivity contribution in [3.05, 3.63) is 0 Å². The maximum absolute atomic E-state index is 12.0. The lowest BCUT2D eigenvalue weighted by atomic mass is 10.1. The molecule has 0 radical (unpaired) electrons. The second-order valence-electron chi connectivity index (χ2n) is 7.79. The van der Waals surface area contributed by atoms with Gasteiger partial charge in [0.25, 0.3) is 5.91 Å². The van der Waals surface area contributed by atoms with Crippen LogP contribution in [0, 0.1) is 0 Å². The van der Waals surface area contributed by atoms with Crippen molar-refractivity contribution in [2.45, 2.75) is 84.7 Å². The van der Waals surface area contributed by atoms with Gasteiger partial charge < -0.3 is 25.2 Å². The maximum atomic E-state index is 12.0. The van der Waals surface area contributed by atoms with E-state index in [9.17, 15) is 19.5 Å². The molecule has 0 saturated carbocycles. The lowest BCUT2D eigenvalue weighted by molar-refractivity contribution is -0.155. The van der Waals surface area contributed by atoms with Crippen LogP contribution in [0.4, 0.5) is 4.79 Å². The Kier molecular flexibility index (Phi) is 8.90. The molecule has 25 heavy (non-hydrogen) atoms. The summed E-state index contributed by atoms with van der Waals surface area (Å²) in [5.41, 5.74) is -1.35. The van der Waals surface area contributed by atoms with Crippen LogP contribution in [0.25, 0.3) is 0 Å². The van der Waals surface area contributed by atoms with E-state index in [-0.39, 0.29) is 6.54 Å². The molecule has 2 amide bonds. The van der Waals surface area contributed by atoms with E-state index in [1.54, 1.807) is 41.5 Å². The Balaban J connectivity index is 4.65. The highest BCUT2D eigenvalue weighted by molar-refractivity contribution is 5.86. The minimum absolute atomic E-state index is 0.363. The predicted molar refractivity (Wildman–Crippen MR) is 92.9 cm³/mol. The fraction of sp³-hybridized carbons (Fsp3) is 0.824. The topological polar surface area (TPSA) is 114 Å². The van der Waals surface area contributed by atoms with Crippen molar-refractivity contribution < 1.29 is 29.0 Å². The van der Waals surface area contributed by atoms with E-state index in [2.05, 4.69) is 10.6 Å². The third-order valence-corrected chi connectivity index (χ3v) is 2.78. The van der Waals surface area contributed by atoms with Gasteiger partial charge >= 0.3 is 12.1 Å². The molecule has 0 bridgehead atoms. The van der Waals surface area contributed by atoms with Gasteiger partial charge in [-0.25, -0.2) is 4.79 Å². The number of esters is 1. The van der Waals surface area contributed by atoms with E-state index in [0.717, 1.165) is 0 Å². The molecule has 2 atom stereocenters. The quantitative estimate of drug-likeness (QED) is 0.593. The predicted octanol–water partition coefficient (Wildman–Crippen LogP) is 1.50. The summed E-state index contributed by atoms with van der Waals surface area (Å²) >= 11 is 0. The average molecular weight is 360 g/mol. The van der Waals surface area contributed by atoms with E-state index in [0.29, 0.717) is 12.8 Å². The number of nitrogens with one attached hydrogen (secondary N) is 2. The normalized spacial score (nSPS) is 14.2. The molecule has 0 aliphatic heterocycles. The van der Waals surface area contributed by atoms with Crippen LogP contribution in [-0.4, -0.2) is 53.0 Å². The maximum Gasteiger partial charge on any atom is 0.407 e. The number of hydrogen-bond donors (Lipinski definition) is 3. The van der Waals surface area contributed by atoms with Crippen LogP contribution >= 0.6 is 0 Å². The van der Waals surface area contributed by atoms with E-state index >= 15 is 0 Å². The first-order valence-electron chi connectivity index (χ1n) is 8.42. The van der Waals surface area contributed by atoms with Crippen molar-refractivity contribution in [1.29, 1.82) is 0 Å². The number of hydrogen-bond acceptors (Lipinski definition) is 6. The first-order chi connectivity index (χ1) is 11.2. The number of carbonyl (C=O) groups is 3. The number of aliphatic hydroxyl groups is 1. The molecule has 2 unspecified atom stereocenters. The minimum atomic E-state index is -1.50. The van der Waals surface area contributed by atoms with Crippen molar-refractivity contribution in [1.82, 2.24) is 10.6 Å². The van der Waals surface area contributed by atoms with Crippen LogP contribution in [-0.2, 0) is 19.1 Å². The summed E-state index contributed by atoms with van der Waals surface area (Å²) in [6.45, 7) is 11.8. The lowest BCUT2D eigenvalue weighted by Crippen LogP contribution is -2.52. The largest absolute Gasteiger partial charge is 0.459 e. The number of ether oxygens (including phenoxy) is 2. The second-order valence-corrected chi connectivity index (χ2v) is 7.79. The van der Waals surface area contributed by atoms with Crippen LogP contribution in [0.2, 0.25) is 0 Å². The van der Waals surface area contributed by atoms with Crippen LogP contribution in [0.3, 0.4) is 0 Å². The molecule has 0 aromatic carbocycles. The third-order valence-electron chi connectivity index (χ3n) is 2.78. The van der Waals surface area contributed by atoms with Gasteiger partial charge in [0, 0.05) is 0 Å². The molecule has 0 rings (SSSR count). The standard InChI is InChI=1S/C17H32N2O6/c1-8-9-11(19-15(23)25-17(5,6)7)13(21)14(22)18-10-12(20)24-16(2,3)4/h11,13,21H,8-10H2,1-7H3,(H,18,22)(H,19,23). The number of aliphatic hydroxyl groups excluding tert-OH is 1. The second kappa shape index (κ2) is 9.60. The molecule has 3 N–H and O–H groups in total. The fourth-order valence-electron chi connectivity index (χ4n) is 1.90. The molecule has 0 aromatic heterocycles. The lowest BCUT2D eigenvalue weighted by Gasteiger charge is -2.26. The Bertz CT molecular complexity index is 465. The Hall–Kier alpha value is -1.83. The van der Waals surface area contributed by atoms with E-state index in [4.69, 9.17) is 9.47 Å². The van der Waals surface area contributed by atoms with Crippen LogP contribution in [0.5, 0.6) is 0 Å². The monoisotopic (exact) mass is 360 g/mol. The minimum Gasteiger partial charge on any atom is -0.459 e. The van der Waals surface area contributed by atoms with Gasteiger partial charge in [0.2, 0.25) is 0 Å². The highest BCUT2D eigenvalue weighted by Crippen LogP contribution is 2.10. The van der Waals surface area contributed by atoms with Crippen molar-refractivity contribution in [2.75, 3.05) is 6.54 Å². The fourth-order valence-corrected chi connectivity index (χ4v) is 1.90. The van der Waals surface area contributed by atoms with Gasteiger partial charge in [-0.2, -0.15) is 0 Å². The van der Waals surface area contributed by atoms with Crippen LogP contribution in [0.1, 0.15) is 61.3 Å². The molecule has 8 heteroatoms. The highest BCUT2D eigenvalue weighted by Gasteiger charge is 2.29. The van der Waals surface area contributed by atoms with Crippen molar-refractivity contribution in [3.63, 3.8) is 0 Å². The highest BCUT2D eigenvalue weighted by atomic mass is 16.6. The molecule has 0 fully saturated rings. The van der Waals surface area contributed by atoms with E-state index in [1.165, 1.54) is 0 Å².